The number of carbonyl (C=O) groups excluding carboxylic acids is 1. The number of carbonyl (C=O) groups is 1. The van der Waals surface area contributed by atoms with Crippen molar-refractivity contribution in [3.05, 3.63) is 0 Å². The number of likely N-dealkylation sites (tertiary alicyclic amines) is 2. The van der Waals surface area contributed by atoms with E-state index in [-0.39, 0.29) is 11.9 Å². The van der Waals surface area contributed by atoms with Gasteiger partial charge in [-0.25, -0.2) is 0 Å². The molecule has 3 fully saturated rings. The lowest BCUT2D eigenvalue weighted by Gasteiger charge is -2.41. The van der Waals surface area contributed by atoms with Crippen LogP contribution in [0.25, 0.3) is 0 Å². The zero-order chi connectivity index (χ0) is 13.9. The van der Waals surface area contributed by atoms with Gasteiger partial charge >= 0.3 is 0 Å². The fourth-order valence-electron chi connectivity index (χ4n) is 3.64. The maximum absolute atomic E-state index is 12.1. The summed E-state index contributed by atoms with van der Waals surface area (Å²) in [6.07, 6.45) is 8.99. The van der Waals surface area contributed by atoms with Crippen LogP contribution < -0.4 is 5.32 Å². The molecule has 0 bridgehead atoms. The summed E-state index contributed by atoms with van der Waals surface area (Å²) in [5.74, 6) is 0.240. The van der Waals surface area contributed by atoms with Gasteiger partial charge in [0.25, 0.3) is 0 Å². The van der Waals surface area contributed by atoms with Crippen molar-refractivity contribution in [2.45, 2.75) is 70.0 Å². The van der Waals surface area contributed by atoms with E-state index in [0.29, 0.717) is 6.04 Å². The minimum Gasteiger partial charge on any atom is -0.352 e. The molecule has 1 N–H and O–H groups in total. The highest BCUT2D eigenvalue weighted by Crippen LogP contribution is 2.23. The normalized spacial score (nSPS) is 28.2. The molecule has 0 radical (unpaired) electrons. The second kappa shape index (κ2) is 6.44. The van der Waals surface area contributed by atoms with E-state index < -0.39 is 0 Å². The topological polar surface area (TPSA) is 35.6 Å². The summed E-state index contributed by atoms with van der Waals surface area (Å²) in [4.78, 5) is 17.2. The summed E-state index contributed by atoms with van der Waals surface area (Å²) in [7, 11) is 0. The third-order valence-electron chi connectivity index (χ3n) is 5.26. The Morgan fingerprint density at radius 3 is 2.25 bits per heavy atom. The average Bonchev–Trinajstić information content (AvgIpc) is 3.31. The molecule has 2 heterocycles. The fourth-order valence-corrected chi connectivity index (χ4v) is 3.64. The monoisotopic (exact) mass is 279 g/mol. The van der Waals surface area contributed by atoms with Crippen molar-refractivity contribution in [1.82, 2.24) is 15.1 Å². The molecule has 1 amide bonds. The molecular formula is C16H29N3O. The van der Waals surface area contributed by atoms with Crippen LogP contribution in [0.15, 0.2) is 0 Å². The maximum atomic E-state index is 12.1. The van der Waals surface area contributed by atoms with Crippen LogP contribution in [0.4, 0.5) is 0 Å². The van der Waals surface area contributed by atoms with Gasteiger partial charge in [-0.3, -0.25) is 9.69 Å². The van der Waals surface area contributed by atoms with Crippen LogP contribution in [0.5, 0.6) is 0 Å². The Kier molecular flexibility index (Phi) is 4.61. The van der Waals surface area contributed by atoms with Gasteiger partial charge in [0.05, 0.1) is 6.04 Å². The van der Waals surface area contributed by atoms with Crippen molar-refractivity contribution < 1.29 is 4.79 Å². The van der Waals surface area contributed by atoms with Gasteiger partial charge in [0.1, 0.15) is 0 Å². The van der Waals surface area contributed by atoms with Gasteiger partial charge < -0.3 is 10.2 Å². The van der Waals surface area contributed by atoms with E-state index in [2.05, 4.69) is 22.0 Å². The molecule has 0 aromatic rings. The Hall–Kier alpha value is -0.610. The van der Waals surface area contributed by atoms with Crippen LogP contribution in [0, 0.1) is 0 Å². The average molecular weight is 279 g/mol. The van der Waals surface area contributed by atoms with Crippen LogP contribution in [-0.4, -0.2) is 60.0 Å². The quantitative estimate of drug-likeness (QED) is 0.849. The molecule has 0 unspecified atom stereocenters. The van der Waals surface area contributed by atoms with Gasteiger partial charge in [0.2, 0.25) is 5.91 Å². The lowest BCUT2D eigenvalue weighted by atomic mass is 9.99. The Labute approximate surface area is 122 Å². The highest BCUT2D eigenvalue weighted by Gasteiger charge is 2.32. The second-order valence-electron chi connectivity index (χ2n) is 6.82. The molecule has 2 saturated heterocycles. The molecule has 20 heavy (non-hydrogen) atoms. The number of rotatable bonds is 4. The lowest BCUT2D eigenvalue weighted by molar-refractivity contribution is -0.126. The van der Waals surface area contributed by atoms with Crippen LogP contribution >= 0.6 is 0 Å². The Balaban J connectivity index is 1.43. The molecular weight excluding hydrogens is 250 g/mol. The van der Waals surface area contributed by atoms with E-state index in [1.54, 1.807) is 0 Å². The van der Waals surface area contributed by atoms with Crippen LogP contribution in [0.2, 0.25) is 0 Å². The van der Waals surface area contributed by atoms with Crippen molar-refractivity contribution in [2.75, 3.05) is 26.2 Å². The molecule has 2 aliphatic heterocycles. The van der Waals surface area contributed by atoms with E-state index in [9.17, 15) is 4.79 Å². The first kappa shape index (κ1) is 14.3. The zero-order valence-corrected chi connectivity index (χ0v) is 12.8. The van der Waals surface area contributed by atoms with E-state index in [1.165, 1.54) is 58.0 Å². The summed E-state index contributed by atoms with van der Waals surface area (Å²) in [6.45, 7) is 6.82. The van der Waals surface area contributed by atoms with Crippen LogP contribution in [0.1, 0.15) is 51.9 Å². The highest BCUT2D eigenvalue weighted by molar-refractivity contribution is 5.81. The smallest absolute Gasteiger partial charge is 0.237 e. The van der Waals surface area contributed by atoms with E-state index in [0.717, 1.165) is 19.1 Å². The third kappa shape index (κ3) is 3.53. The molecule has 0 aromatic carbocycles. The van der Waals surface area contributed by atoms with Crippen molar-refractivity contribution in [1.29, 1.82) is 0 Å². The first-order valence-electron chi connectivity index (χ1n) is 8.52. The number of nitrogens with one attached hydrogen (secondary N) is 1. The van der Waals surface area contributed by atoms with Gasteiger partial charge in [-0.05, 0) is 58.5 Å². The Morgan fingerprint density at radius 2 is 1.65 bits per heavy atom. The minimum atomic E-state index is 0.0536. The van der Waals surface area contributed by atoms with E-state index in [1.807, 2.05) is 0 Å². The summed E-state index contributed by atoms with van der Waals surface area (Å²) < 4.78 is 0. The van der Waals surface area contributed by atoms with Gasteiger partial charge in [-0.2, -0.15) is 0 Å². The number of hydrogen-bond donors (Lipinski definition) is 1. The van der Waals surface area contributed by atoms with Crippen LogP contribution in [0.3, 0.4) is 0 Å². The molecule has 4 heteroatoms. The number of nitrogens with zero attached hydrogens (tertiary/aromatic N) is 2. The molecule has 1 aliphatic carbocycles. The molecule has 4 nitrogen and oxygen atoms in total. The Bertz CT molecular complexity index is 329. The second-order valence-corrected chi connectivity index (χ2v) is 6.82. The number of amides is 1. The van der Waals surface area contributed by atoms with Gasteiger partial charge in [0.15, 0.2) is 0 Å². The first-order chi connectivity index (χ1) is 9.74. The molecule has 1 saturated carbocycles. The number of piperidine rings is 2. The van der Waals surface area contributed by atoms with E-state index in [4.69, 9.17) is 0 Å². The SMILES string of the molecule is C[C@@H](C(=O)NC1CC1)N1CCC(N2CCCCC2)CC1. The summed E-state index contributed by atoms with van der Waals surface area (Å²) in [5.41, 5.74) is 0. The van der Waals surface area contributed by atoms with E-state index >= 15 is 0 Å². The molecule has 114 valence electrons. The first-order valence-corrected chi connectivity index (χ1v) is 8.52. The standard InChI is InChI=1S/C16H29N3O/c1-13(16(20)17-14-5-6-14)18-11-7-15(8-12-18)19-9-3-2-4-10-19/h13-15H,2-12H2,1H3,(H,17,20)/t13-/m0/s1. The Morgan fingerprint density at radius 1 is 1.00 bits per heavy atom. The molecule has 1 atom stereocenters. The highest BCUT2D eigenvalue weighted by atomic mass is 16.2. The molecule has 0 aromatic heterocycles. The molecule has 3 rings (SSSR count). The van der Waals surface area contributed by atoms with Gasteiger partial charge in [0, 0.05) is 25.2 Å². The van der Waals surface area contributed by atoms with Crippen molar-refractivity contribution in [2.24, 2.45) is 0 Å². The maximum Gasteiger partial charge on any atom is 0.237 e. The fraction of sp³-hybridized carbons (Fsp3) is 0.938. The predicted molar refractivity (Wildman–Crippen MR) is 80.6 cm³/mol. The van der Waals surface area contributed by atoms with Crippen LogP contribution in [-0.2, 0) is 4.79 Å². The van der Waals surface area contributed by atoms with Gasteiger partial charge in [-0.15, -0.1) is 0 Å². The molecule has 3 aliphatic rings. The lowest BCUT2D eigenvalue weighted by Crippen LogP contribution is -2.52. The van der Waals surface area contributed by atoms with Crippen molar-refractivity contribution in [3.63, 3.8) is 0 Å². The zero-order valence-electron chi connectivity index (χ0n) is 12.8. The van der Waals surface area contributed by atoms with Crippen molar-refractivity contribution in [3.8, 4) is 0 Å². The van der Waals surface area contributed by atoms with Gasteiger partial charge in [-0.1, -0.05) is 6.42 Å². The summed E-state index contributed by atoms with van der Waals surface area (Å²) in [5, 5.41) is 3.13. The minimum absolute atomic E-state index is 0.0536. The third-order valence-corrected chi connectivity index (χ3v) is 5.26. The predicted octanol–water partition coefficient (Wildman–Crippen LogP) is 1.60. The molecule has 0 spiro atoms. The largest absolute Gasteiger partial charge is 0.352 e. The summed E-state index contributed by atoms with van der Waals surface area (Å²) >= 11 is 0. The van der Waals surface area contributed by atoms with Crippen molar-refractivity contribution >= 4 is 5.91 Å². The number of hydrogen-bond acceptors (Lipinski definition) is 3. The summed E-state index contributed by atoms with van der Waals surface area (Å²) in [6, 6.07) is 1.30.